The summed E-state index contributed by atoms with van der Waals surface area (Å²) in [5.41, 5.74) is 1.10. The van der Waals surface area contributed by atoms with Crippen LogP contribution in [0.4, 0.5) is 5.82 Å². The molecule has 2 saturated heterocycles. The monoisotopic (exact) mass is 488 g/mol. The van der Waals surface area contributed by atoms with Gasteiger partial charge in [-0.1, -0.05) is 6.92 Å². The Morgan fingerprint density at radius 2 is 2.14 bits per heavy atom. The lowest BCUT2D eigenvalue weighted by Gasteiger charge is -2.17. The van der Waals surface area contributed by atoms with Gasteiger partial charge in [0.05, 0.1) is 37.3 Å². The second kappa shape index (κ2) is 9.83. The fraction of sp³-hybridized carbons (Fsp3) is 0.571. The molecule has 3 aromatic rings. The molecule has 2 fully saturated rings. The van der Waals surface area contributed by atoms with Crippen LogP contribution < -0.4 is 10.6 Å². The fourth-order valence-electron chi connectivity index (χ4n) is 4.14. The highest BCUT2D eigenvalue weighted by atomic mass is 16.6. The van der Waals surface area contributed by atoms with Crippen LogP contribution >= 0.6 is 0 Å². The summed E-state index contributed by atoms with van der Waals surface area (Å²) < 4.78 is 14.0. The van der Waals surface area contributed by atoms with Crippen LogP contribution in [0.3, 0.4) is 0 Å². The van der Waals surface area contributed by atoms with Gasteiger partial charge in [-0.2, -0.15) is 15.1 Å². The molecule has 5 heterocycles. The molecule has 5 N–H and O–H groups in total. The highest BCUT2D eigenvalue weighted by Gasteiger charge is 2.44. The van der Waals surface area contributed by atoms with E-state index in [1.165, 1.54) is 28.0 Å². The fourth-order valence-corrected chi connectivity index (χ4v) is 4.14. The Labute approximate surface area is 199 Å². The SMILES string of the molecule is CCCNC(=O)c1cnn(-c2nc(NC3CCOC3)c3ncn([C@@H]4O[C@H](CO)[C@@H](O)[C@H]4O)c3n2)c1. The summed E-state index contributed by atoms with van der Waals surface area (Å²) in [4.78, 5) is 25.9. The number of amides is 1. The maximum Gasteiger partial charge on any atom is 0.254 e. The number of aromatic nitrogens is 6. The third-order valence-electron chi connectivity index (χ3n) is 6.06. The number of carbonyl (C=O) groups excluding carboxylic acids is 1. The molecule has 14 heteroatoms. The molecule has 14 nitrogen and oxygen atoms in total. The van der Waals surface area contributed by atoms with Gasteiger partial charge in [0.2, 0.25) is 0 Å². The van der Waals surface area contributed by atoms with Crippen molar-refractivity contribution >= 4 is 22.9 Å². The smallest absolute Gasteiger partial charge is 0.254 e. The number of carbonyl (C=O) groups is 1. The number of rotatable bonds is 8. The van der Waals surface area contributed by atoms with Crippen LogP contribution in [0.1, 0.15) is 36.4 Å². The average molecular weight is 489 g/mol. The molecule has 0 saturated carbocycles. The second-order valence-corrected chi connectivity index (χ2v) is 8.56. The maximum absolute atomic E-state index is 12.3. The van der Waals surface area contributed by atoms with Gasteiger partial charge in [-0.3, -0.25) is 9.36 Å². The summed E-state index contributed by atoms with van der Waals surface area (Å²) in [6.45, 7) is 3.21. The Kier molecular flexibility index (Phi) is 6.62. The van der Waals surface area contributed by atoms with E-state index in [4.69, 9.17) is 9.47 Å². The Balaban J connectivity index is 1.55. The zero-order chi connectivity index (χ0) is 24.5. The summed E-state index contributed by atoms with van der Waals surface area (Å²) in [6.07, 6.45) is 1.45. The van der Waals surface area contributed by atoms with E-state index in [9.17, 15) is 20.1 Å². The van der Waals surface area contributed by atoms with Crippen LogP contribution in [0, 0.1) is 0 Å². The Hall–Kier alpha value is -3.17. The molecule has 35 heavy (non-hydrogen) atoms. The summed E-state index contributed by atoms with van der Waals surface area (Å²) >= 11 is 0. The molecular weight excluding hydrogens is 460 g/mol. The van der Waals surface area contributed by atoms with Crippen molar-refractivity contribution in [3.8, 4) is 5.95 Å². The van der Waals surface area contributed by atoms with E-state index < -0.39 is 31.1 Å². The lowest BCUT2D eigenvalue weighted by atomic mass is 10.1. The van der Waals surface area contributed by atoms with E-state index in [1.807, 2.05) is 6.92 Å². The number of fused-ring (bicyclic) bond motifs is 1. The summed E-state index contributed by atoms with van der Waals surface area (Å²) in [7, 11) is 0. The van der Waals surface area contributed by atoms with Crippen molar-refractivity contribution in [3.63, 3.8) is 0 Å². The van der Waals surface area contributed by atoms with Gasteiger partial charge >= 0.3 is 0 Å². The normalized spacial score (nSPS) is 26.5. The van der Waals surface area contributed by atoms with E-state index in [1.54, 1.807) is 0 Å². The first-order valence-electron chi connectivity index (χ1n) is 11.5. The highest BCUT2D eigenvalue weighted by molar-refractivity contribution is 5.93. The van der Waals surface area contributed by atoms with E-state index in [0.717, 1.165) is 12.8 Å². The zero-order valence-electron chi connectivity index (χ0n) is 19.1. The molecule has 0 aliphatic carbocycles. The lowest BCUT2D eigenvalue weighted by Crippen LogP contribution is -2.33. The molecule has 0 radical (unpaired) electrons. The number of aliphatic hydroxyl groups is 3. The molecule has 2 aliphatic rings. The molecule has 0 aromatic carbocycles. The van der Waals surface area contributed by atoms with Crippen LogP contribution in [0.25, 0.3) is 17.1 Å². The molecule has 0 bridgehead atoms. The Bertz CT molecular complexity index is 1190. The minimum atomic E-state index is -1.30. The lowest BCUT2D eigenvalue weighted by molar-refractivity contribution is -0.0511. The number of imidazole rings is 1. The predicted molar refractivity (Wildman–Crippen MR) is 121 cm³/mol. The average Bonchev–Trinajstić information content (AvgIpc) is 3.66. The van der Waals surface area contributed by atoms with Crippen molar-refractivity contribution < 1.29 is 29.6 Å². The number of hydrogen-bond acceptors (Lipinski definition) is 11. The summed E-state index contributed by atoms with van der Waals surface area (Å²) in [5.74, 6) is 0.345. The van der Waals surface area contributed by atoms with E-state index in [0.29, 0.717) is 42.3 Å². The molecule has 1 amide bonds. The zero-order valence-corrected chi connectivity index (χ0v) is 19.1. The van der Waals surface area contributed by atoms with E-state index >= 15 is 0 Å². The van der Waals surface area contributed by atoms with Gasteiger partial charge < -0.3 is 35.4 Å². The molecular formula is C21H28N8O6. The number of anilines is 1. The van der Waals surface area contributed by atoms with Crippen molar-refractivity contribution in [2.24, 2.45) is 0 Å². The molecule has 0 spiro atoms. The largest absolute Gasteiger partial charge is 0.394 e. The van der Waals surface area contributed by atoms with Gasteiger partial charge in [0.15, 0.2) is 23.2 Å². The molecule has 2 aliphatic heterocycles. The van der Waals surface area contributed by atoms with Gasteiger partial charge in [-0.15, -0.1) is 0 Å². The number of ether oxygens (including phenoxy) is 2. The molecule has 5 atom stereocenters. The quantitative estimate of drug-likeness (QED) is 0.261. The van der Waals surface area contributed by atoms with Crippen molar-refractivity contribution in [2.75, 3.05) is 31.7 Å². The topological polar surface area (TPSA) is 182 Å². The first kappa shape index (κ1) is 23.6. The van der Waals surface area contributed by atoms with Gasteiger partial charge in [0, 0.05) is 19.3 Å². The third kappa shape index (κ3) is 4.46. The van der Waals surface area contributed by atoms with Crippen LogP contribution in [0.2, 0.25) is 0 Å². The number of nitrogens with one attached hydrogen (secondary N) is 2. The predicted octanol–water partition coefficient (Wildman–Crippen LogP) is -1.04. The summed E-state index contributed by atoms with van der Waals surface area (Å²) in [5, 5.41) is 40.6. The maximum atomic E-state index is 12.3. The van der Waals surface area contributed by atoms with E-state index in [2.05, 4.69) is 30.7 Å². The number of aliphatic hydroxyl groups excluding tert-OH is 3. The number of hydrogen-bond donors (Lipinski definition) is 5. The van der Waals surface area contributed by atoms with Gasteiger partial charge in [0.1, 0.15) is 18.3 Å². The van der Waals surface area contributed by atoms with Crippen molar-refractivity contribution in [2.45, 2.75) is 50.3 Å². The Morgan fingerprint density at radius 3 is 2.86 bits per heavy atom. The number of nitrogens with zero attached hydrogens (tertiary/aromatic N) is 6. The van der Waals surface area contributed by atoms with Crippen molar-refractivity contribution in [1.29, 1.82) is 0 Å². The van der Waals surface area contributed by atoms with Gasteiger partial charge in [0.25, 0.3) is 11.9 Å². The summed E-state index contributed by atoms with van der Waals surface area (Å²) in [6, 6.07) is 0.0213. The molecule has 188 valence electrons. The first-order valence-corrected chi connectivity index (χ1v) is 11.5. The molecule has 1 unspecified atom stereocenters. The van der Waals surface area contributed by atoms with Crippen molar-refractivity contribution in [3.05, 3.63) is 24.3 Å². The van der Waals surface area contributed by atoms with E-state index in [-0.39, 0.29) is 17.9 Å². The second-order valence-electron chi connectivity index (χ2n) is 8.56. The minimum absolute atomic E-state index is 0.0213. The van der Waals surface area contributed by atoms with Gasteiger partial charge in [-0.05, 0) is 12.8 Å². The molecule has 3 aromatic heterocycles. The standard InChI is InChI=1S/C21H28N8O6/c1-2-4-22-19(33)11-6-24-29(7-11)21-26-17(25-12-3-5-34-9-12)14-18(27-21)28(10-23-14)20-16(32)15(31)13(8-30)35-20/h6-7,10,12-13,15-16,20,30-32H,2-5,8-9H2,1H3,(H,22,33)(H,25,26,27)/t12?,13-,15-,16-,20-/m1/s1. The van der Waals surface area contributed by atoms with Crippen molar-refractivity contribution in [1.82, 2.24) is 34.6 Å². The first-order chi connectivity index (χ1) is 17.0. The van der Waals surface area contributed by atoms with Crippen LogP contribution in [0.15, 0.2) is 18.7 Å². The third-order valence-corrected chi connectivity index (χ3v) is 6.06. The molecule has 5 rings (SSSR count). The van der Waals surface area contributed by atoms with Crippen LogP contribution in [0.5, 0.6) is 0 Å². The van der Waals surface area contributed by atoms with Gasteiger partial charge in [-0.25, -0.2) is 9.67 Å². The minimum Gasteiger partial charge on any atom is -0.394 e. The highest BCUT2D eigenvalue weighted by Crippen LogP contribution is 2.33. The van der Waals surface area contributed by atoms with Crippen LogP contribution in [-0.2, 0) is 9.47 Å². The van der Waals surface area contributed by atoms with Crippen LogP contribution in [-0.4, -0.2) is 101 Å². The Morgan fingerprint density at radius 1 is 1.29 bits per heavy atom.